The van der Waals surface area contributed by atoms with E-state index in [2.05, 4.69) is 5.32 Å². The number of hydrogen-bond acceptors (Lipinski definition) is 2. The number of hydrogen-bond donors (Lipinski definition) is 1. The summed E-state index contributed by atoms with van der Waals surface area (Å²) in [4.78, 5) is 25.2. The molecule has 1 N–H and O–H groups in total. The Bertz CT molecular complexity index is 746. The fraction of sp³-hybridized carbons (Fsp3) is 0.222. The molecule has 2 amide bonds. The van der Waals surface area contributed by atoms with E-state index in [0.717, 1.165) is 17.7 Å². The van der Waals surface area contributed by atoms with E-state index in [1.54, 1.807) is 24.3 Å². The Balaban J connectivity index is 1.95. The van der Waals surface area contributed by atoms with Gasteiger partial charge in [-0.15, -0.1) is 0 Å². The number of amides is 2. The molecule has 2 aromatic rings. The van der Waals surface area contributed by atoms with Crippen molar-refractivity contribution in [1.82, 2.24) is 4.90 Å². The van der Waals surface area contributed by atoms with Gasteiger partial charge in [0.15, 0.2) is 0 Å². The maximum Gasteiger partial charge on any atom is 0.226 e. The lowest BCUT2D eigenvalue weighted by Gasteiger charge is -2.21. The van der Waals surface area contributed by atoms with Crippen molar-refractivity contribution in [1.29, 1.82) is 0 Å². The molecule has 25 heavy (non-hydrogen) atoms. The van der Waals surface area contributed by atoms with Gasteiger partial charge in [-0.25, -0.2) is 8.78 Å². The number of anilines is 1. The number of rotatable bonds is 6. The van der Waals surface area contributed by atoms with Gasteiger partial charge in [-0.3, -0.25) is 9.59 Å². The van der Waals surface area contributed by atoms with Crippen LogP contribution in [0.5, 0.6) is 0 Å². The molecule has 0 atom stereocenters. The van der Waals surface area contributed by atoms with Crippen molar-refractivity contribution in [2.45, 2.75) is 19.9 Å². The number of nitrogens with one attached hydrogen (secondary N) is 1. The number of benzene rings is 2. The zero-order valence-electron chi connectivity index (χ0n) is 13.6. The lowest BCUT2D eigenvalue weighted by atomic mass is 10.2. The van der Waals surface area contributed by atoms with Gasteiger partial charge >= 0.3 is 0 Å². The van der Waals surface area contributed by atoms with Gasteiger partial charge in [-0.1, -0.05) is 29.8 Å². The quantitative estimate of drug-likeness (QED) is 0.840. The summed E-state index contributed by atoms with van der Waals surface area (Å²) < 4.78 is 27.1. The Hall–Kier alpha value is -2.47. The van der Waals surface area contributed by atoms with Gasteiger partial charge in [-0.05, 0) is 29.8 Å². The van der Waals surface area contributed by atoms with E-state index < -0.39 is 23.2 Å². The molecule has 7 heteroatoms. The highest BCUT2D eigenvalue weighted by molar-refractivity contribution is 6.30. The van der Waals surface area contributed by atoms with Crippen molar-refractivity contribution >= 4 is 29.1 Å². The summed E-state index contributed by atoms with van der Waals surface area (Å²) in [6, 6.07) is 10.3. The second-order valence-electron chi connectivity index (χ2n) is 5.46. The summed E-state index contributed by atoms with van der Waals surface area (Å²) in [5.74, 6) is -2.48. The van der Waals surface area contributed by atoms with E-state index >= 15 is 0 Å². The van der Waals surface area contributed by atoms with Crippen molar-refractivity contribution in [3.8, 4) is 0 Å². The van der Waals surface area contributed by atoms with Crippen LogP contribution in [0.15, 0.2) is 42.5 Å². The van der Waals surface area contributed by atoms with Crippen LogP contribution in [0, 0.1) is 11.6 Å². The van der Waals surface area contributed by atoms with E-state index in [0.29, 0.717) is 11.6 Å². The normalized spacial score (nSPS) is 10.4. The summed E-state index contributed by atoms with van der Waals surface area (Å²) in [7, 11) is 0. The first kappa shape index (κ1) is 18.9. The van der Waals surface area contributed by atoms with Crippen LogP contribution in [0.25, 0.3) is 0 Å². The minimum Gasteiger partial charge on any atom is -0.338 e. The Morgan fingerprint density at radius 2 is 1.68 bits per heavy atom. The molecule has 2 rings (SSSR count). The van der Waals surface area contributed by atoms with Crippen molar-refractivity contribution in [2.75, 3.05) is 11.9 Å². The highest BCUT2D eigenvalue weighted by Crippen LogP contribution is 2.18. The van der Waals surface area contributed by atoms with Crippen LogP contribution in [0.1, 0.15) is 18.9 Å². The van der Waals surface area contributed by atoms with Crippen molar-refractivity contribution in [3.05, 3.63) is 64.7 Å². The van der Waals surface area contributed by atoms with E-state index in [-0.39, 0.29) is 18.9 Å². The van der Waals surface area contributed by atoms with E-state index in [1.165, 1.54) is 17.9 Å². The summed E-state index contributed by atoms with van der Waals surface area (Å²) in [6.07, 6.45) is -0.0824. The molecule has 0 unspecified atom stereocenters. The second-order valence-corrected chi connectivity index (χ2v) is 5.90. The van der Waals surface area contributed by atoms with Gasteiger partial charge in [0.05, 0.1) is 0 Å². The number of carbonyl (C=O) groups is 2. The molecule has 0 heterocycles. The number of para-hydroxylation sites is 1. The molecule has 0 aliphatic rings. The molecular formula is C18H17ClF2N2O2. The fourth-order valence-electron chi connectivity index (χ4n) is 2.21. The van der Waals surface area contributed by atoms with Crippen molar-refractivity contribution in [3.63, 3.8) is 0 Å². The predicted octanol–water partition coefficient (Wildman–Crippen LogP) is 4.00. The first-order valence-corrected chi connectivity index (χ1v) is 7.98. The molecule has 0 bridgehead atoms. The number of nitrogens with zero attached hydrogens (tertiary/aromatic N) is 1. The van der Waals surface area contributed by atoms with Gasteiger partial charge in [-0.2, -0.15) is 0 Å². The minimum atomic E-state index is -0.849. The monoisotopic (exact) mass is 366 g/mol. The Kier molecular flexibility index (Phi) is 6.47. The average molecular weight is 367 g/mol. The van der Waals surface area contributed by atoms with E-state index in [4.69, 9.17) is 11.6 Å². The molecule has 0 spiro atoms. The largest absolute Gasteiger partial charge is 0.338 e. The first-order valence-electron chi connectivity index (χ1n) is 7.60. The second kappa shape index (κ2) is 8.58. The van der Waals surface area contributed by atoms with Crippen LogP contribution < -0.4 is 5.32 Å². The highest BCUT2D eigenvalue weighted by Gasteiger charge is 2.15. The van der Waals surface area contributed by atoms with Crippen molar-refractivity contribution in [2.24, 2.45) is 0 Å². The molecule has 132 valence electrons. The van der Waals surface area contributed by atoms with Gasteiger partial charge in [0.1, 0.15) is 17.3 Å². The van der Waals surface area contributed by atoms with E-state index in [9.17, 15) is 18.4 Å². The molecule has 0 aromatic heterocycles. The Morgan fingerprint density at radius 1 is 1.08 bits per heavy atom. The van der Waals surface area contributed by atoms with E-state index in [1.807, 2.05) is 0 Å². The molecule has 0 fully saturated rings. The third-order valence-electron chi connectivity index (χ3n) is 3.57. The summed E-state index contributed by atoms with van der Waals surface area (Å²) in [5.41, 5.74) is 0.375. The van der Waals surface area contributed by atoms with Crippen LogP contribution in [0.2, 0.25) is 5.02 Å². The standard InChI is InChI=1S/C18H17ClF2N2O2/c1-12(24)23(11-13-5-7-14(19)8-6-13)10-9-17(25)22-18-15(20)3-2-4-16(18)21/h2-8H,9-11H2,1H3,(H,22,25). The van der Waals surface area contributed by atoms with Crippen molar-refractivity contribution < 1.29 is 18.4 Å². The average Bonchev–Trinajstić information content (AvgIpc) is 2.56. The molecule has 0 aliphatic heterocycles. The molecule has 0 aliphatic carbocycles. The van der Waals surface area contributed by atoms with Crippen LogP contribution >= 0.6 is 11.6 Å². The minimum absolute atomic E-state index is 0.0824. The predicted molar refractivity (Wildman–Crippen MR) is 92.1 cm³/mol. The van der Waals surface area contributed by atoms with Gasteiger partial charge in [0.25, 0.3) is 0 Å². The van der Waals surface area contributed by atoms with Crippen LogP contribution in [-0.2, 0) is 16.1 Å². The molecule has 0 radical (unpaired) electrons. The Labute approximate surface area is 149 Å². The number of carbonyl (C=O) groups excluding carboxylic acids is 2. The topological polar surface area (TPSA) is 49.4 Å². The van der Waals surface area contributed by atoms with Gasteiger partial charge in [0.2, 0.25) is 11.8 Å². The first-order chi connectivity index (χ1) is 11.9. The number of halogens is 3. The van der Waals surface area contributed by atoms with Crippen LogP contribution in [0.3, 0.4) is 0 Å². The Morgan fingerprint density at radius 3 is 2.24 bits per heavy atom. The molecule has 2 aromatic carbocycles. The molecular weight excluding hydrogens is 350 g/mol. The highest BCUT2D eigenvalue weighted by atomic mass is 35.5. The summed E-state index contributed by atoms with van der Waals surface area (Å²) in [6.45, 7) is 1.83. The van der Waals surface area contributed by atoms with Gasteiger partial charge < -0.3 is 10.2 Å². The SMILES string of the molecule is CC(=O)N(CCC(=O)Nc1c(F)cccc1F)Cc1ccc(Cl)cc1. The molecule has 0 saturated heterocycles. The summed E-state index contributed by atoms with van der Waals surface area (Å²) >= 11 is 5.82. The third-order valence-corrected chi connectivity index (χ3v) is 3.82. The summed E-state index contributed by atoms with van der Waals surface area (Å²) in [5, 5.41) is 2.79. The smallest absolute Gasteiger partial charge is 0.226 e. The lowest BCUT2D eigenvalue weighted by molar-refractivity contribution is -0.129. The fourth-order valence-corrected chi connectivity index (χ4v) is 2.34. The maximum atomic E-state index is 13.5. The van der Waals surface area contributed by atoms with Crippen LogP contribution in [-0.4, -0.2) is 23.3 Å². The zero-order chi connectivity index (χ0) is 18.4. The molecule has 4 nitrogen and oxygen atoms in total. The van der Waals surface area contributed by atoms with Gasteiger partial charge in [0, 0.05) is 31.5 Å². The maximum absolute atomic E-state index is 13.5. The molecule has 0 saturated carbocycles. The third kappa shape index (κ3) is 5.53. The van der Waals surface area contributed by atoms with Crippen LogP contribution in [0.4, 0.5) is 14.5 Å². The zero-order valence-corrected chi connectivity index (χ0v) is 14.3. The lowest BCUT2D eigenvalue weighted by Crippen LogP contribution is -2.31.